The molecule has 11 heteroatoms. The van der Waals surface area contributed by atoms with Gasteiger partial charge in [0.15, 0.2) is 0 Å². The third-order valence-electron chi connectivity index (χ3n) is 2.48. The summed E-state index contributed by atoms with van der Waals surface area (Å²) in [6.45, 7) is 8.76. The van der Waals surface area contributed by atoms with Crippen LogP contribution in [0.4, 0.5) is 0 Å². The number of hydrogen-bond donors (Lipinski definition) is 2. The number of hydrazine groups is 2. The predicted octanol–water partition coefficient (Wildman–Crippen LogP) is 0.475. The van der Waals surface area contributed by atoms with Crippen molar-refractivity contribution < 1.29 is 25.9 Å². The molecule has 0 radical (unpaired) electrons. The van der Waals surface area contributed by atoms with E-state index < -0.39 is 17.5 Å². The zero-order chi connectivity index (χ0) is 18.4. The van der Waals surface area contributed by atoms with Gasteiger partial charge in [0.1, 0.15) is 0 Å². The van der Waals surface area contributed by atoms with E-state index in [0.717, 1.165) is 20.1 Å². The maximum atomic E-state index is 11.7. The van der Waals surface area contributed by atoms with Gasteiger partial charge in [0, 0.05) is 40.5 Å². The highest BCUT2D eigenvalue weighted by Gasteiger charge is 2.57. The monoisotopic (exact) mass is 375 g/mol. The van der Waals surface area contributed by atoms with E-state index in [2.05, 4.69) is 22.0 Å². The second kappa shape index (κ2) is 14.2. The molecule has 0 spiro atoms. The van der Waals surface area contributed by atoms with Crippen LogP contribution in [0.3, 0.4) is 0 Å². The standard InChI is InChI=1S/C7H18O6SSi.C5H15N3/c1-5-11-15(12-6-2,13-7-3)14(8,9)10-4;1-4-5-8(6-2)7-3/h5-7H2,1-4H3;6-7H,4-5H2,1-3H3. The molecule has 9 nitrogen and oxygen atoms in total. The van der Waals surface area contributed by atoms with E-state index in [1.807, 2.05) is 19.2 Å². The van der Waals surface area contributed by atoms with Gasteiger partial charge < -0.3 is 13.3 Å². The van der Waals surface area contributed by atoms with Gasteiger partial charge >= 0.3 is 17.5 Å². The van der Waals surface area contributed by atoms with Gasteiger partial charge in [-0.3, -0.25) is 4.18 Å². The van der Waals surface area contributed by atoms with Crippen molar-refractivity contribution in [3.8, 4) is 0 Å². The van der Waals surface area contributed by atoms with Crippen LogP contribution < -0.4 is 10.9 Å². The predicted molar refractivity (Wildman–Crippen MR) is 91.7 cm³/mol. The van der Waals surface area contributed by atoms with Crippen LogP contribution in [0.1, 0.15) is 34.1 Å². The minimum atomic E-state index is -3.94. The Labute approximate surface area is 141 Å². The van der Waals surface area contributed by atoms with E-state index in [1.54, 1.807) is 20.8 Å². The van der Waals surface area contributed by atoms with Gasteiger partial charge in [0.25, 0.3) is 0 Å². The Hall–Kier alpha value is -0.113. The lowest BCUT2D eigenvalue weighted by Gasteiger charge is -2.25. The Morgan fingerprint density at radius 1 is 0.913 bits per heavy atom. The minimum Gasteiger partial charge on any atom is -0.361 e. The van der Waals surface area contributed by atoms with Crippen LogP contribution in [-0.4, -0.2) is 69.1 Å². The van der Waals surface area contributed by atoms with Crippen molar-refractivity contribution in [3.05, 3.63) is 0 Å². The summed E-state index contributed by atoms with van der Waals surface area (Å²) in [7, 11) is -2.86. The Kier molecular flexibility index (Phi) is 15.6. The summed E-state index contributed by atoms with van der Waals surface area (Å²) < 4.78 is 43.2. The molecule has 0 fully saturated rings. The molecule has 0 saturated carbocycles. The van der Waals surface area contributed by atoms with Gasteiger partial charge in [0.2, 0.25) is 0 Å². The molecular weight excluding hydrogens is 342 g/mol. The van der Waals surface area contributed by atoms with Crippen LogP contribution in [0.15, 0.2) is 0 Å². The summed E-state index contributed by atoms with van der Waals surface area (Å²) in [4.78, 5) is 0. The summed E-state index contributed by atoms with van der Waals surface area (Å²) in [5, 5.41) is 1.93. The van der Waals surface area contributed by atoms with Crippen molar-refractivity contribution in [1.82, 2.24) is 16.0 Å². The van der Waals surface area contributed by atoms with E-state index in [0.29, 0.717) is 0 Å². The Balaban J connectivity index is 0. The molecule has 0 amide bonds. The first-order valence-corrected chi connectivity index (χ1v) is 11.5. The van der Waals surface area contributed by atoms with E-state index in [-0.39, 0.29) is 19.8 Å². The molecule has 0 aromatic heterocycles. The lowest BCUT2D eigenvalue weighted by molar-refractivity contribution is 0.0892. The maximum absolute atomic E-state index is 11.7. The van der Waals surface area contributed by atoms with Gasteiger partial charge in [-0.25, -0.2) is 10.9 Å². The Bertz CT molecular complexity index is 351. The highest BCUT2D eigenvalue weighted by molar-refractivity contribution is 8.16. The van der Waals surface area contributed by atoms with Gasteiger partial charge in [-0.05, 0) is 27.2 Å². The smallest absolute Gasteiger partial charge is 0.361 e. The third-order valence-corrected chi connectivity index (χ3v) is 8.85. The largest absolute Gasteiger partial charge is 0.667 e. The van der Waals surface area contributed by atoms with E-state index in [9.17, 15) is 8.42 Å². The second-order valence-electron chi connectivity index (χ2n) is 4.02. The molecule has 0 aliphatic rings. The van der Waals surface area contributed by atoms with Crippen LogP contribution in [0.2, 0.25) is 0 Å². The minimum absolute atomic E-state index is 0.189. The fourth-order valence-electron chi connectivity index (χ4n) is 1.53. The number of nitrogens with zero attached hydrogens (tertiary/aromatic N) is 1. The fraction of sp³-hybridized carbons (Fsp3) is 1.00. The first-order valence-electron chi connectivity index (χ1n) is 7.68. The summed E-state index contributed by atoms with van der Waals surface area (Å²) in [5.41, 5.74) is 5.95. The molecule has 0 heterocycles. The highest BCUT2D eigenvalue weighted by atomic mass is 32.4. The molecule has 0 aromatic rings. The van der Waals surface area contributed by atoms with Gasteiger partial charge in [0.05, 0.1) is 7.11 Å². The van der Waals surface area contributed by atoms with E-state index in [1.165, 1.54) is 0 Å². The lowest BCUT2D eigenvalue weighted by atomic mass is 10.5. The summed E-state index contributed by atoms with van der Waals surface area (Å²) in [5.74, 6) is 0. The number of hydrogen-bond acceptors (Lipinski definition) is 9. The second-order valence-corrected chi connectivity index (χ2v) is 10.1. The van der Waals surface area contributed by atoms with Crippen molar-refractivity contribution >= 4 is 17.5 Å². The van der Waals surface area contributed by atoms with Crippen LogP contribution >= 0.6 is 0 Å². The van der Waals surface area contributed by atoms with E-state index in [4.69, 9.17) is 13.3 Å². The SMILES string of the molecule is CCCN(NC)NC.CCO[Si](OCC)(OCC)S(=O)(=O)OC. The van der Waals surface area contributed by atoms with Crippen molar-refractivity contribution in [3.63, 3.8) is 0 Å². The molecule has 0 saturated heterocycles. The molecule has 142 valence electrons. The fourth-order valence-corrected chi connectivity index (χ4v) is 6.45. The highest BCUT2D eigenvalue weighted by Crippen LogP contribution is 2.18. The first-order chi connectivity index (χ1) is 10.8. The molecule has 0 rings (SSSR count). The topological polar surface area (TPSA) is 98.4 Å². The summed E-state index contributed by atoms with van der Waals surface area (Å²) >= 11 is 0. The Morgan fingerprint density at radius 3 is 1.48 bits per heavy atom. The van der Waals surface area contributed by atoms with Gasteiger partial charge in [-0.2, -0.15) is 13.5 Å². The summed E-state index contributed by atoms with van der Waals surface area (Å²) in [6.07, 6.45) is 1.15. The normalized spacial score (nSPS) is 12.2. The van der Waals surface area contributed by atoms with Crippen molar-refractivity contribution in [2.75, 3.05) is 47.6 Å². The molecule has 2 N–H and O–H groups in total. The van der Waals surface area contributed by atoms with Crippen molar-refractivity contribution in [2.24, 2.45) is 0 Å². The number of nitrogens with one attached hydrogen (secondary N) is 2. The molecule has 0 aromatic carbocycles. The number of rotatable bonds is 12. The van der Waals surface area contributed by atoms with Gasteiger partial charge in [-0.15, -0.1) is 0 Å². The van der Waals surface area contributed by atoms with Crippen molar-refractivity contribution in [1.29, 1.82) is 0 Å². The molecular formula is C12H33N3O6SSi. The molecule has 0 aliphatic heterocycles. The average molecular weight is 376 g/mol. The molecule has 0 bridgehead atoms. The molecule has 23 heavy (non-hydrogen) atoms. The third kappa shape index (κ3) is 9.07. The first kappa shape index (κ1) is 25.1. The maximum Gasteiger partial charge on any atom is 0.667 e. The molecule has 0 unspecified atom stereocenters. The van der Waals surface area contributed by atoms with Crippen LogP contribution in [0.5, 0.6) is 0 Å². The van der Waals surface area contributed by atoms with Crippen LogP contribution in [0.25, 0.3) is 0 Å². The summed E-state index contributed by atoms with van der Waals surface area (Å²) in [6, 6.07) is 0. The van der Waals surface area contributed by atoms with Crippen molar-refractivity contribution in [2.45, 2.75) is 34.1 Å². The van der Waals surface area contributed by atoms with Crippen LogP contribution in [-0.2, 0) is 27.0 Å². The zero-order valence-corrected chi connectivity index (χ0v) is 17.2. The zero-order valence-electron chi connectivity index (χ0n) is 15.3. The lowest BCUT2D eigenvalue weighted by Crippen LogP contribution is -2.54. The van der Waals surface area contributed by atoms with E-state index >= 15 is 0 Å². The van der Waals surface area contributed by atoms with Gasteiger partial charge in [-0.1, -0.05) is 6.92 Å². The average Bonchev–Trinajstić information content (AvgIpc) is 2.53. The van der Waals surface area contributed by atoms with Crippen LogP contribution in [0, 0.1) is 0 Å². The molecule has 0 aliphatic carbocycles. The quantitative estimate of drug-likeness (QED) is 0.372. The Morgan fingerprint density at radius 2 is 1.30 bits per heavy atom. The molecule has 0 atom stereocenters.